The number of hydrogen-bond donors (Lipinski definition) is 2. The summed E-state index contributed by atoms with van der Waals surface area (Å²) < 4.78 is 18.6. The van der Waals surface area contributed by atoms with Crippen molar-refractivity contribution >= 4 is 39.4 Å². The van der Waals surface area contributed by atoms with E-state index >= 15 is 0 Å². The summed E-state index contributed by atoms with van der Waals surface area (Å²) in [5.74, 6) is 0.675. The Morgan fingerprint density at radius 2 is 2.03 bits per heavy atom. The highest BCUT2D eigenvalue weighted by molar-refractivity contribution is 7.22. The highest BCUT2D eigenvalue weighted by Crippen LogP contribution is 2.37. The van der Waals surface area contributed by atoms with E-state index in [0.717, 1.165) is 39.4 Å². The summed E-state index contributed by atoms with van der Waals surface area (Å²) in [6, 6.07) is 8.33. The zero-order valence-electron chi connectivity index (χ0n) is 17.1. The Balaban J connectivity index is 1.57. The van der Waals surface area contributed by atoms with Gasteiger partial charge >= 0.3 is 6.09 Å². The molecule has 0 saturated carbocycles. The van der Waals surface area contributed by atoms with Gasteiger partial charge in [0.1, 0.15) is 22.1 Å². The molecule has 158 valence electrons. The van der Waals surface area contributed by atoms with E-state index in [-0.39, 0.29) is 17.8 Å². The van der Waals surface area contributed by atoms with Crippen LogP contribution in [0.1, 0.15) is 27.2 Å². The summed E-state index contributed by atoms with van der Waals surface area (Å²) in [4.78, 5) is 24.8. The Kier molecular flexibility index (Phi) is 5.23. The lowest BCUT2D eigenvalue weighted by Gasteiger charge is -2.22. The fourth-order valence-electron chi connectivity index (χ4n) is 3.46. The molecule has 0 radical (unpaired) electrons. The van der Waals surface area contributed by atoms with Crippen molar-refractivity contribution in [1.29, 1.82) is 0 Å². The number of thiophene rings is 1. The molecule has 1 aliphatic heterocycles. The Morgan fingerprint density at radius 1 is 1.30 bits per heavy atom. The maximum atomic E-state index is 13.3. The third-order valence-corrected chi connectivity index (χ3v) is 5.81. The predicted octanol–water partition coefficient (Wildman–Crippen LogP) is 4.18. The number of carbonyl (C=O) groups excluding carboxylic acids is 1. The van der Waals surface area contributed by atoms with E-state index in [2.05, 4.69) is 20.2 Å². The number of ether oxygens (including phenoxy) is 1. The molecule has 1 saturated heterocycles. The number of amides is 1. The van der Waals surface area contributed by atoms with E-state index in [1.54, 1.807) is 12.1 Å². The number of nitrogens with one attached hydrogen (secondary N) is 1. The number of alkyl carbamates (subject to hydrolysis) is 1. The van der Waals surface area contributed by atoms with Gasteiger partial charge in [0.15, 0.2) is 0 Å². The number of nitrogen functional groups attached to an aromatic ring is 1. The first-order valence-corrected chi connectivity index (χ1v) is 10.6. The molecule has 0 spiro atoms. The minimum atomic E-state index is -0.539. The van der Waals surface area contributed by atoms with Gasteiger partial charge in [-0.15, -0.1) is 11.3 Å². The number of nitrogens with zero attached hydrogens (tertiary/aromatic N) is 3. The van der Waals surface area contributed by atoms with Crippen molar-refractivity contribution < 1.29 is 13.9 Å². The second-order valence-electron chi connectivity index (χ2n) is 8.32. The van der Waals surface area contributed by atoms with Gasteiger partial charge in [0.25, 0.3) is 0 Å². The van der Waals surface area contributed by atoms with Crippen LogP contribution in [-0.2, 0) is 4.74 Å². The van der Waals surface area contributed by atoms with E-state index < -0.39 is 11.7 Å². The first-order chi connectivity index (χ1) is 14.2. The van der Waals surface area contributed by atoms with Gasteiger partial charge in [0.05, 0.1) is 11.4 Å². The topological polar surface area (TPSA) is 93.4 Å². The third kappa shape index (κ3) is 4.46. The SMILES string of the molecule is CC(C)(C)OC(=O)NC1CCN(c2nc(N)nc3sc(-c4ccc(F)cc4)cc23)C1. The number of halogens is 1. The number of fused-ring (bicyclic) bond motifs is 1. The van der Waals surface area contributed by atoms with Gasteiger partial charge in [-0.3, -0.25) is 0 Å². The maximum absolute atomic E-state index is 13.3. The second kappa shape index (κ2) is 7.71. The smallest absolute Gasteiger partial charge is 0.407 e. The molecule has 1 atom stereocenters. The molecule has 3 heterocycles. The molecule has 9 heteroatoms. The number of benzene rings is 1. The normalized spacial score (nSPS) is 16.8. The number of anilines is 2. The summed E-state index contributed by atoms with van der Waals surface area (Å²) in [5.41, 5.74) is 6.34. The predicted molar refractivity (Wildman–Crippen MR) is 117 cm³/mol. The van der Waals surface area contributed by atoms with Gasteiger partial charge in [0, 0.05) is 18.0 Å². The van der Waals surface area contributed by atoms with Crippen molar-refractivity contribution in [3.8, 4) is 10.4 Å². The average Bonchev–Trinajstić information content (AvgIpc) is 3.27. The minimum absolute atomic E-state index is 0.0405. The van der Waals surface area contributed by atoms with Gasteiger partial charge in [-0.25, -0.2) is 14.2 Å². The van der Waals surface area contributed by atoms with Crippen LogP contribution >= 0.6 is 11.3 Å². The summed E-state index contributed by atoms with van der Waals surface area (Å²) >= 11 is 1.49. The Bertz CT molecular complexity index is 1080. The largest absolute Gasteiger partial charge is 0.444 e. The van der Waals surface area contributed by atoms with Crippen molar-refractivity contribution in [3.63, 3.8) is 0 Å². The minimum Gasteiger partial charge on any atom is -0.444 e. The van der Waals surface area contributed by atoms with Crippen molar-refractivity contribution in [2.24, 2.45) is 0 Å². The van der Waals surface area contributed by atoms with Gasteiger partial charge in [-0.05, 0) is 51.0 Å². The number of carbonyl (C=O) groups is 1. The highest BCUT2D eigenvalue weighted by atomic mass is 32.1. The monoisotopic (exact) mass is 429 g/mol. The standard InChI is InChI=1S/C21H24FN5O2S/c1-21(2,3)29-20(28)24-14-8-9-27(11-14)17-15-10-16(12-4-6-13(22)7-5-12)30-18(15)26-19(23)25-17/h4-7,10,14H,8-9,11H2,1-3H3,(H,24,28)(H2,23,25,26). The summed E-state index contributed by atoms with van der Waals surface area (Å²) in [6.45, 7) is 6.84. The van der Waals surface area contributed by atoms with Crippen LogP contribution in [0.4, 0.5) is 21.0 Å². The van der Waals surface area contributed by atoms with Crippen molar-refractivity contribution in [3.05, 3.63) is 36.1 Å². The molecule has 1 amide bonds. The third-order valence-electron chi connectivity index (χ3n) is 4.73. The average molecular weight is 430 g/mol. The lowest BCUT2D eigenvalue weighted by Crippen LogP contribution is -2.40. The Morgan fingerprint density at radius 3 is 2.73 bits per heavy atom. The first-order valence-electron chi connectivity index (χ1n) is 9.75. The van der Waals surface area contributed by atoms with Gasteiger partial charge in [0.2, 0.25) is 5.95 Å². The molecule has 1 aliphatic rings. The molecule has 0 bridgehead atoms. The summed E-state index contributed by atoms with van der Waals surface area (Å²) in [6.07, 6.45) is 0.357. The molecule has 3 aromatic rings. The van der Waals surface area contributed by atoms with E-state index in [1.807, 2.05) is 26.8 Å². The van der Waals surface area contributed by atoms with Crippen molar-refractivity contribution in [2.45, 2.75) is 38.8 Å². The lowest BCUT2D eigenvalue weighted by molar-refractivity contribution is 0.0509. The van der Waals surface area contributed by atoms with Crippen LogP contribution in [0.15, 0.2) is 30.3 Å². The van der Waals surface area contributed by atoms with Crippen LogP contribution in [-0.4, -0.2) is 40.8 Å². The fraction of sp³-hybridized carbons (Fsp3) is 0.381. The van der Waals surface area contributed by atoms with E-state index in [4.69, 9.17) is 10.5 Å². The molecular weight excluding hydrogens is 405 g/mol. The number of aromatic nitrogens is 2. The van der Waals surface area contributed by atoms with Crippen LogP contribution in [0, 0.1) is 5.82 Å². The van der Waals surface area contributed by atoms with Crippen LogP contribution < -0.4 is 16.0 Å². The lowest BCUT2D eigenvalue weighted by atomic mass is 10.2. The second-order valence-corrected chi connectivity index (χ2v) is 9.35. The van der Waals surface area contributed by atoms with Gasteiger partial charge in [-0.2, -0.15) is 4.98 Å². The maximum Gasteiger partial charge on any atom is 0.407 e. The molecular formula is C21H24FN5O2S. The van der Waals surface area contributed by atoms with Crippen LogP contribution in [0.2, 0.25) is 0 Å². The van der Waals surface area contributed by atoms with E-state index in [1.165, 1.54) is 23.5 Å². The van der Waals surface area contributed by atoms with Crippen LogP contribution in [0.25, 0.3) is 20.7 Å². The molecule has 1 unspecified atom stereocenters. The Hall–Kier alpha value is -2.94. The van der Waals surface area contributed by atoms with E-state index in [0.29, 0.717) is 6.54 Å². The number of hydrogen-bond acceptors (Lipinski definition) is 7. The molecule has 2 aromatic heterocycles. The van der Waals surface area contributed by atoms with Crippen molar-refractivity contribution in [1.82, 2.24) is 15.3 Å². The molecule has 4 rings (SSSR count). The van der Waals surface area contributed by atoms with Crippen LogP contribution in [0.5, 0.6) is 0 Å². The fourth-order valence-corrected chi connectivity index (χ4v) is 4.50. The zero-order chi connectivity index (χ0) is 21.5. The highest BCUT2D eigenvalue weighted by Gasteiger charge is 2.28. The number of nitrogens with two attached hydrogens (primary N) is 1. The molecule has 1 aromatic carbocycles. The molecule has 30 heavy (non-hydrogen) atoms. The van der Waals surface area contributed by atoms with Gasteiger partial charge in [-0.1, -0.05) is 12.1 Å². The quantitative estimate of drug-likeness (QED) is 0.649. The van der Waals surface area contributed by atoms with Gasteiger partial charge < -0.3 is 20.7 Å². The molecule has 1 fully saturated rings. The summed E-state index contributed by atoms with van der Waals surface area (Å²) in [5, 5.41) is 3.82. The number of rotatable bonds is 3. The molecule has 3 N–H and O–H groups in total. The van der Waals surface area contributed by atoms with Crippen LogP contribution in [0.3, 0.4) is 0 Å². The Labute approximate surface area is 178 Å². The first kappa shape index (κ1) is 20.3. The molecule has 0 aliphatic carbocycles. The zero-order valence-corrected chi connectivity index (χ0v) is 17.9. The van der Waals surface area contributed by atoms with Crippen molar-refractivity contribution in [2.75, 3.05) is 23.7 Å². The molecule has 7 nitrogen and oxygen atoms in total. The summed E-state index contributed by atoms with van der Waals surface area (Å²) in [7, 11) is 0. The van der Waals surface area contributed by atoms with E-state index in [9.17, 15) is 9.18 Å².